The van der Waals surface area contributed by atoms with E-state index in [9.17, 15) is 9.59 Å². The molecule has 0 bridgehead atoms. The van der Waals surface area contributed by atoms with Gasteiger partial charge in [-0.15, -0.1) is 0 Å². The quantitative estimate of drug-likeness (QED) is 0.191. The van der Waals surface area contributed by atoms with Gasteiger partial charge < -0.3 is 9.47 Å². The van der Waals surface area contributed by atoms with Crippen LogP contribution < -0.4 is 0 Å². The molecule has 0 aromatic rings. The fourth-order valence-electron chi connectivity index (χ4n) is 0.547. The van der Waals surface area contributed by atoms with Gasteiger partial charge >= 0.3 is 11.9 Å². The maximum atomic E-state index is 10.9. The summed E-state index contributed by atoms with van der Waals surface area (Å²) < 4.78 is 9.31. The van der Waals surface area contributed by atoms with E-state index in [4.69, 9.17) is 0 Å². The molecule has 0 rings (SSSR count). The molecule has 0 aromatic carbocycles. The molecule has 0 N–H and O–H groups in total. The van der Waals surface area contributed by atoms with Crippen molar-refractivity contribution in [1.29, 1.82) is 0 Å². The van der Waals surface area contributed by atoms with Gasteiger partial charge in [0.2, 0.25) is 0 Å². The summed E-state index contributed by atoms with van der Waals surface area (Å²) in [4.78, 5) is 21.8. The second-order valence-electron chi connectivity index (χ2n) is 1.76. The summed E-state index contributed by atoms with van der Waals surface area (Å²) in [5.74, 6) is -1.34. The number of hydrogen-bond donors (Lipinski definition) is 0. The fraction of sp³-hybridized carbons (Fsp3) is 0.429. The number of carbonyl (C=O) groups is 2. The smallest absolute Gasteiger partial charge is 0.344 e. The number of ether oxygens (including phenoxy) is 2. The van der Waals surface area contributed by atoms with E-state index >= 15 is 0 Å². The lowest BCUT2D eigenvalue weighted by Crippen LogP contribution is -2.15. The van der Waals surface area contributed by atoms with Crippen LogP contribution in [0.3, 0.4) is 0 Å². The van der Waals surface area contributed by atoms with Crippen LogP contribution in [0.2, 0.25) is 0 Å². The van der Waals surface area contributed by atoms with Crippen molar-refractivity contribution in [3.63, 3.8) is 0 Å². The second-order valence-corrected chi connectivity index (χ2v) is 2.64. The average Bonchev–Trinajstić information content (AvgIpc) is 2.11. The molecule has 0 spiro atoms. The Kier molecular flexibility index (Phi) is 5.69. The van der Waals surface area contributed by atoms with E-state index in [1.807, 2.05) is 22.6 Å². The third-order valence-electron chi connectivity index (χ3n) is 1.09. The maximum Gasteiger partial charge on any atom is 0.344 e. The van der Waals surface area contributed by atoms with Gasteiger partial charge in [-0.25, -0.2) is 9.59 Å². The van der Waals surface area contributed by atoms with Crippen LogP contribution in [0.15, 0.2) is 11.6 Å². The van der Waals surface area contributed by atoms with Crippen LogP contribution >= 0.6 is 22.6 Å². The second kappa shape index (κ2) is 5.99. The van der Waals surface area contributed by atoms with Gasteiger partial charge in [-0.3, -0.25) is 0 Å². The summed E-state index contributed by atoms with van der Waals surface area (Å²) in [5, 5.41) is 0. The highest BCUT2D eigenvalue weighted by atomic mass is 127. The highest BCUT2D eigenvalue weighted by molar-refractivity contribution is 14.1. The van der Waals surface area contributed by atoms with Crippen LogP contribution in [0.4, 0.5) is 0 Å². The summed E-state index contributed by atoms with van der Waals surface area (Å²) in [5.41, 5.74) is -0.0607. The van der Waals surface area contributed by atoms with E-state index in [-0.39, 0.29) is 5.57 Å². The zero-order valence-electron chi connectivity index (χ0n) is 6.80. The van der Waals surface area contributed by atoms with Crippen LogP contribution in [0.25, 0.3) is 0 Å². The van der Waals surface area contributed by atoms with Gasteiger partial charge in [0.05, 0.1) is 14.2 Å². The summed E-state index contributed by atoms with van der Waals surface area (Å²) in [6.07, 6.45) is 1.46. The molecule has 0 aliphatic heterocycles. The van der Waals surface area contributed by atoms with E-state index in [1.54, 1.807) is 0 Å². The van der Waals surface area contributed by atoms with Crippen molar-refractivity contribution in [2.45, 2.75) is 0 Å². The number of methoxy groups -OCH3 is 2. The normalized spacial score (nSPS) is 8.58. The molecule has 0 atom stereocenters. The molecular weight excluding hydrogens is 275 g/mol. The van der Waals surface area contributed by atoms with Gasteiger partial charge in [-0.05, 0) is 0 Å². The molecule has 4 nitrogen and oxygen atoms in total. The predicted molar refractivity (Wildman–Crippen MR) is 51.0 cm³/mol. The Labute approximate surface area is 84.1 Å². The molecular formula is C7H9IO4. The summed E-state index contributed by atoms with van der Waals surface area (Å²) in [6, 6.07) is 0. The van der Waals surface area contributed by atoms with Crippen molar-refractivity contribution >= 4 is 34.5 Å². The van der Waals surface area contributed by atoms with Gasteiger partial charge in [0.15, 0.2) is 0 Å². The fourth-order valence-corrected chi connectivity index (χ4v) is 0.987. The first-order valence-corrected chi connectivity index (χ1v) is 4.62. The van der Waals surface area contributed by atoms with Crippen molar-refractivity contribution in [2.75, 3.05) is 18.6 Å². The number of allylic oxidation sites excluding steroid dienone is 1. The lowest BCUT2D eigenvalue weighted by Gasteiger charge is -2.01. The van der Waals surface area contributed by atoms with Crippen LogP contribution in [-0.2, 0) is 19.1 Å². The molecule has 0 saturated heterocycles. The number of esters is 2. The molecule has 68 valence electrons. The monoisotopic (exact) mass is 284 g/mol. The van der Waals surface area contributed by atoms with E-state index in [0.29, 0.717) is 4.43 Å². The molecule has 0 aromatic heterocycles. The van der Waals surface area contributed by atoms with E-state index < -0.39 is 11.9 Å². The Hall–Kier alpha value is -0.590. The molecule has 0 saturated carbocycles. The van der Waals surface area contributed by atoms with Crippen molar-refractivity contribution < 1.29 is 19.1 Å². The van der Waals surface area contributed by atoms with Gasteiger partial charge in [0.1, 0.15) is 5.57 Å². The Morgan fingerprint density at radius 2 is 1.67 bits per heavy atom. The number of hydrogen-bond acceptors (Lipinski definition) is 4. The number of halogens is 1. The van der Waals surface area contributed by atoms with Crippen LogP contribution in [0, 0.1) is 0 Å². The Bertz CT molecular complexity index is 191. The summed E-state index contributed by atoms with van der Waals surface area (Å²) >= 11 is 2.01. The van der Waals surface area contributed by atoms with E-state index in [1.165, 1.54) is 20.3 Å². The van der Waals surface area contributed by atoms with E-state index in [2.05, 4.69) is 9.47 Å². The molecule has 0 heterocycles. The highest BCUT2D eigenvalue weighted by Crippen LogP contribution is 2.01. The SMILES string of the molecule is COC(=O)C(=CCI)C(=O)OC. The number of carbonyl (C=O) groups excluding carboxylic acids is 2. The molecule has 0 aliphatic rings. The molecule has 12 heavy (non-hydrogen) atoms. The number of rotatable bonds is 3. The van der Waals surface area contributed by atoms with Crippen molar-refractivity contribution in [3.05, 3.63) is 11.6 Å². The van der Waals surface area contributed by atoms with Gasteiger partial charge in [0.25, 0.3) is 0 Å². The molecule has 5 heteroatoms. The third-order valence-corrected chi connectivity index (χ3v) is 1.53. The number of alkyl halides is 1. The minimum absolute atomic E-state index is 0.0607. The van der Waals surface area contributed by atoms with Crippen molar-refractivity contribution in [1.82, 2.24) is 0 Å². The Morgan fingerprint density at radius 1 is 1.25 bits per heavy atom. The zero-order chi connectivity index (χ0) is 9.56. The lowest BCUT2D eigenvalue weighted by atomic mass is 10.2. The predicted octanol–water partition coefficient (Wildman–Crippen LogP) is 0.694. The summed E-state index contributed by atoms with van der Waals surface area (Å²) in [7, 11) is 2.43. The van der Waals surface area contributed by atoms with Crippen LogP contribution in [0.1, 0.15) is 0 Å². The molecule has 0 amide bonds. The first-order valence-electron chi connectivity index (χ1n) is 3.10. The van der Waals surface area contributed by atoms with Crippen molar-refractivity contribution in [2.24, 2.45) is 0 Å². The minimum Gasteiger partial charge on any atom is -0.465 e. The minimum atomic E-state index is -0.668. The first kappa shape index (κ1) is 11.4. The van der Waals surface area contributed by atoms with Crippen LogP contribution in [0.5, 0.6) is 0 Å². The van der Waals surface area contributed by atoms with Gasteiger partial charge in [-0.2, -0.15) is 0 Å². The molecule has 0 radical (unpaired) electrons. The molecule has 0 unspecified atom stereocenters. The standard InChI is InChI=1S/C7H9IO4/c1-11-6(9)5(3-4-8)7(10)12-2/h3H,4H2,1-2H3. The molecule has 0 fully saturated rings. The van der Waals surface area contributed by atoms with Crippen LogP contribution in [-0.4, -0.2) is 30.6 Å². The Balaban J connectivity index is 4.55. The highest BCUT2D eigenvalue weighted by Gasteiger charge is 2.18. The first-order chi connectivity index (χ1) is 5.67. The van der Waals surface area contributed by atoms with E-state index in [0.717, 1.165) is 0 Å². The van der Waals surface area contributed by atoms with Gasteiger partial charge in [-0.1, -0.05) is 28.7 Å². The maximum absolute atomic E-state index is 10.9. The van der Waals surface area contributed by atoms with Gasteiger partial charge in [0, 0.05) is 4.43 Å². The average molecular weight is 284 g/mol. The molecule has 0 aliphatic carbocycles. The largest absolute Gasteiger partial charge is 0.465 e. The summed E-state index contributed by atoms with van der Waals surface area (Å²) in [6.45, 7) is 0. The Morgan fingerprint density at radius 3 is 1.92 bits per heavy atom. The lowest BCUT2D eigenvalue weighted by molar-refractivity contribution is -0.144. The zero-order valence-corrected chi connectivity index (χ0v) is 8.95. The third kappa shape index (κ3) is 3.21. The van der Waals surface area contributed by atoms with Crippen molar-refractivity contribution in [3.8, 4) is 0 Å². The topological polar surface area (TPSA) is 52.6 Å².